The minimum atomic E-state index is -0.277. The maximum absolute atomic E-state index is 15.1. The normalized spacial score (nSPS) is 12.6. The topological polar surface area (TPSA) is 9.23 Å². The number of unbranched alkanes of at least 4 members (excludes halogenated alkanes) is 6. The van der Waals surface area contributed by atoms with Crippen molar-refractivity contribution in [2.75, 3.05) is 6.61 Å². The third-order valence-corrected chi connectivity index (χ3v) is 6.00. The third kappa shape index (κ3) is 5.18. The van der Waals surface area contributed by atoms with Gasteiger partial charge in [0.05, 0.1) is 6.61 Å². The number of ether oxygens (including phenoxy) is 1. The average molecular weight is 401 g/mol. The standard InChI is InChI=1S/C26H34F2O/c1-3-5-7-8-9-10-11-19-12-13-20-21-16-17-24(29-18-6-4-2)26(28)23(21)15-14-22(20)25(19)27/h12-13,16-17H,3-11,14-15,18H2,1-2H3. The minimum absolute atomic E-state index is 0.0783. The van der Waals surface area contributed by atoms with Crippen LogP contribution >= 0.6 is 0 Å². The van der Waals surface area contributed by atoms with Gasteiger partial charge in [0.1, 0.15) is 5.82 Å². The summed E-state index contributed by atoms with van der Waals surface area (Å²) in [6.45, 7) is 4.82. The van der Waals surface area contributed by atoms with Crippen molar-refractivity contribution in [3.05, 3.63) is 52.6 Å². The SMILES string of the molecule is CCCCCCCCc1ccc2c(c1F)CCc1c-2ccc(OCCCC)c1F. The second kappa shape index (κ2) is 10.8. The molecule has 3 rings (SSSR count). The van der Waals surface area contributed by atoms with Crippen LogP contribution in [0.3, 0.4) is 0 Å². The van der Waals surface area contributed by atoms with Gasteiger partial charge in [-0.2, -0.15) is 0 Å². The fourth-order valence-corrected chi connectivity index (χ4v) is 4.24. The molecule has 0 saturated carbocycles. The Morgan fingerprint density at radius 3 is 2.07 bits per heavy atom. The Kier molecular flexibility index (Phi) is 8.09. The Morgan fingerprint density at radius 2 is 1.34 bits per heavy atom. The van der Waals surface area contributed by atoms with E-state index in [4.69, 9.17) is 4.74 Å². The van der Waals surface area contributed by atoms with Crippen LogP contribution in [-0.2, 0) is 19.3 Å². The lowest BCUT2D eigenvalue weighted by Gasteiger charge is -2.23. The van der Waals surface area contributed by atoms with E-state index < -0.39 is 0 Å². The zero-order chi connectivity index (χ0) is 20.6. The molecule has 0 atom stereocenters. The summed E-state index contributed by atoms with van der Waals surface area (Å²) in [6.07, 6.45) is 11.0. The second-order valence-corrected chi connectivity index (χ2v) is 8.19. The quantitative estimate of drug-likeness (QED) is 0.349. The molecule has 0 N–H and O–H groups in total. The molecule has 3 heteroatoms. The molecular weight excluding hydrogens is 366 g/mol. The second-order valence-electron chi connectivity index (χ2n) is 8.19. The minimum Gasteiger partial charge on any atom is -0.491 e. The fraction of sp³-hybridized carbons (Fsp3) is 0.538. The monoisotopic (exact) mass is 400 g/mol. The molecule has 0 spiro atoms. The predicted octanol–water partition coefficient (Wildman–Crippen LogP) is 7.81. The highest BCUT2D eigenvalue weighted by atomic mass is 19.1. The number of halogens is 2. The first-order valence-electron chi connectivity index (χ1n) is 11.4. The molecule has 0 bridgehead atoms. The van der Waals surface area contributed by atoms with Gasteiger partial charge in [-0.05, 0) is 66.0 Å². The molecule has 2 aromatic carbocycles. The van der Waals surface area contributed by atoms with E-state index in [0.717, 1.165) is 54.4 Å². The van der Waals surface area contributed by atoms with Gasteiger partial charge in [-0.15, -0.1) is 0 Å². The number of aryl methyl sites for hydroxylation is 1. The van der Waals surface area contributed by atoms with Crippen LogP contribution in [0.1, 0.15) is 81.9 Å². The van der Waals surface area contributed by atoms with Gasteiger partial charge in [-0.25, -0.2) is 8.78 Å². The molecule has 0 fully saturated rings. The molecule has 1 aliphatic rings. The van der Waals surface area contributed by atoms with E-state index in [-0.39, 0.29) is 11.6 Å². The van der Waals surface area contributed by atoms with E-state index in [1.165, 1.54) is 25.7 Å². The lowest BCUT2D eigenvalue weighted by molar-refractivity contribution is 0.293. The summed E-state index contributed by atoms with van der Waals surface area (Å²) in [6, 6.07) is 7.48. The summed E-state index contributed by atoms with van der Waals surface area (Å²) in [5, 5.41) is 0. The lowest BCUT2D eigenvalue weighted by Crippen LogP contribution is -2.11. The molecule has 29 heavy (non-hydrogen) atoms. The number of hydrogen-bond donors (Lipinski definition) is 0. The Morgan fingerprint density at radius 1 is 0.724 bits per heavy atom. The van der Waals surface area contributed by atoms with Crippen molar-refractivity contribution < 1.29 is 13.5 Å². The van der Waals surface area contributed by atoms with Crippen LogP contribution in [0.4, 0.5) is 8.78 Å². The van der Waals surface area contributed by atoms with E-state index in [2.05, 4.69) is 13.8 Å². The first-order valence-corrected chi connectivity index (χ1v) is 11.4. The Bertz CT molecular complexity index is 813. The molecule has 1 aliphatic carbocycles. The number of hydrogen-bond acceptors (Lipinski definition) is 1. The number of benzene rings is 2. The van der Waals surface area contributed by atoms with E-state index >= 15 is 4.39 Å². The molecule has 1 nitrogen and oxygen atoms in total. The van der Waals surface area contributed by atoms with Crippen LogP contribution in [-0.4, -0.2) is 6.61 Å². The van der Waals surface area contributed by atoms with Gasteiger partial charge in [0.15, 0.2) is 11.6 Å². The number of fused-ring (bicyclic) bond motifs is 3. The van der Waals surface area contributed by atoms with Crippen LogP contribution in [0.15, 0.2) is 24.3 Å². The van der Waals surface area contributed by atoms with Crippen molar-refractivity contribution in [2.24, 2.45) is 0 Å². The molecule has 0 aliphatic heterocycles. The smallest absolute Gasteiger partial charge is 0.168 e. The zero-order valence-electron chi connectivity index (χ0n) is 18.0. The molecule has 0 radical (unpaired) electrons. The van der Waals surface area contributed by atoms with Gasteiger partial charge in [0.25, 0.3) is 0 Å². The van der Waals surface area contributed by atoms with Crippen molar-refractivity contribution in [3.8, 4) is 16.9 Å². The molecule has 2 aromatic rings. The highest BCUT2D eigenvalue weighted by Gasteiger charge is 2.25. The first kappa shape index (κ1) is 21.8. The summed E-state index contributed by atoms with van der Waals surface area (Å²) < 4.78 is 35.7. The van der Waals surface area contributed by atoms with E-state index in [1.54, 1.807) is 6.07 Å². The van der Waals surface area contributed by atoms with Crippen LogP contribution in [0.5, 0.6) is 5.75 Å². The van der Waals surface area contributed by atoms with Crippen LogP contribution in [0, 0.1) is 11.6 Å². The predicted molar refractivity (Wildman–Crippen MR) is 117 cm³/mol. The molecule has 0 aromatic heterocycles. The lowest BCUT2D eigenvalue weighted by atomic mass is 9.83. The van der Waals surface area contributed by atoms with Crippen molar-refractivity contribution in [3.63, 3.8) is 0 Å². The summed E-state index contributed by atoms with van der Waals surface area (Å²) in [4.78, 5) is 0. The average Bonchev–Trinajstić information content (AvgIpc) is 2.73. The molecular formula is C26H34F2O. The van der Waals surface area contributed by atoms with Gasteiger partial charge in [0.2, 0.25) is 0 Å². The van der Waals surface area contributed by atoms with Crippen LogP contribution < -0.4 is 4.74 Å². The summed E-state index contributed by atoms with van der Waals surface area (Å²) in [5.74, 6) is -0.0352. The largest absolute Gasteiger partial charge is 0.491 e. The third-order valence-electron chi connectivity index (χ3n) is 6.00. The van der Waals surface area contributed by atoms with Gasteiger partial charge in [-0.1, -0.05) is 70.6 Å². The van der Waals surface area contributed by atoms with E-state index in [0.29, 0.717) is 30.8 Å². The maximum Gasteiger partial charge on any atom is 0.168 e. The van der Waals surface area contributed by atoms with Gasteiger partial charge in [0, 0.05) is 0 Å². The first-order chi connectivity index (χ1) is 14.2. The number of rotatable bonds is 11. The van der Waals surface area contributed by atoms with Crippen molar-refractivity contribution in [1.29, 1.82) is 0 Å². The van der Waals surface area contributed by atoms with Crippen molar-refractivity contribution >= 4 is 0 Å². The van der Waals surface area contributed by atoms with Gasteiger partial charge in [-0.3, -0.25) is 0 Å². The Hall–Kier alpha value is -1.90. The van der Waals surface area contributed by atoms with E-state index in [9.17, 15) is 4.39 Å². The Balaban J connectivity index is 1.73. The maximum atomic E-state index is 15.1. The highest BCUT2D eigenvalue weighted by molar-refractivity contribution is 5.74. The molecule has 0 unspecified atom stereocenters. The highest BCUT2D eigenvalue weighted by Crippen LogP contribution is 2.39. The Labute approximate surface area is 174 Å². The van der Waals surface area contributed by atoms with Gasteiger partial charge < -0.3 is 4.74 Å². The summed E-state index contributed by atoms with van der Waals surface area (Å²) in [7, 11) is 0. The van der Waals surface area contributed by atoms with Crippen LogP contribution in [0.2, 0.25) is 0 Å². The van der Waals surface area contributed by atoms with E-state index in [1.807, 2.05) is 18.2 Å². The summed E-state index contributed by atoms with van der Waals surface area (Å²) in [5.41, 5.74) is 3.88. The molecule has 158 valence electrons. The fourth-order valence-electron chi connectivity index (χ4n) is 4.24. The van der Waals surface area contributed by atoms with Crippen molar-refractivity contribution in [2.45, 2.75) is 84.5 Å². The molecule has 0 saturated heterocycles. The zero-order valence-corrected chi connectivity index (χ0v) is 18.0. The van der Waals surface area contributed by atoms with Gasteiger partial charge >= 0.3 is 0 Å². The van der Waals surface area contributed by atoms with Crippen LogP contribution in [0.25, 0.3) is 11.1 Å². The van der Waals surface area contributed by atoms with Crippen molar-refractivity contribution in [1.82, 2.24) is 0 Å². The molecule has 0 amide bonds. The summed E-state index contributed by atoms with van der Waals surface area (Å²) >= 11 is 0. The molecule has 0 heterocycles.